The first kappa shape index (κ1) is 11.1. The van der Waals surface area contributed by atoms with E-state index in [1.165, 1.54) is 23.2 Å². The molecule has 0 aliphatic carbocycles. The van der Waals surface area contributed by atoms with E-state index in [2.05, 4.69) is 28.3 Å². The van der Waals surface area contributed by atoms with Crippen LogP contribution in [0.4, 0.5) is 11.4 Å². The van der Waals surface area contributed by atoms with Gasteiger partial charge in [-0.25, -0.2) is 0 Å². The van der Waals surface area contributed by atoms with E-state index in [4.69, 9.17) is 5.73 Å². The minimum absolute atomic E-state index is 0.840. The zero-order valence-corrected chi connectivity index (χ0v) is 10.6. The van der Waals surface area contributed by atoms with Crippen LogP contribution in [0, 0.1) is 0 Å². The molecular formula is C14H18N4. The molecule has 0 amide bonds. The summed E-state index contributed by atoms with van der Waals surface area (Å²) in [7, 11) is 1.95. The van der Waals surface area contributed by atoms with Gasteiger partial charge in [0.1, 0.15) is 0 Å². The lowest BCUT2D eigenvalue weighted by Gasteiger charge is -2.31. The number of fused-ring (bicyclic) bond motifs is 1. The van der Waals surface area contributed by atoms with E-state index in [-0.39, 0.29) is 0 Å². The monoisotopic (exact) mass is 242 g/mol. The summed E-state index contributed by atoms with van der Waals surface area (Å²) in [6.45, 7) is 2.00. The molecule has 4 nitrogen and oxygen atoms in total. The number of nitrogen functional groups attached to an aromatic ring is 1. The first-order valence-corrected chi connectivity index (χ1v) is 6.33. The largest absolute Gasteiger partial charge is 0.399 e. The molecule has 0 spiro atoms. The summed E-state index contributed by atoms with van der Waals surface area (Å²) in [5.41, 5.74) is 10.7. The second kappa shape index (κ2) is 4.37. The number of aryl methyl sites for hydroxylation is 2. The summed E-state index contributed by atoms with van der Waals surface area (Å²) in [4.78, 5) is 2.40. The zero-order chi connectivity index (χ0) is 12.5. The van der Waals surface area contributed by atoms with Crippen molar-refractivity contribution in [1.82, 2.24) is 9.78 Å². The highest BCUT2D eigenvalue weighted by molar-refractivity contribution is 5.62. The first-order chi connectivity index (χ1) is 8.72. The van der Waals surface area contributed by atoms with Gasteiger partial charge in [0.2, 0.25) is 0 Å². The predicted octanol–water partition coefficient (Wildman–Crippen LogP) is 1.96. The van der Waals surface area contributed by atoms with E-state index >= 15 is 0 Å². The number of benzene rings is 1. The van der Waals surface area contributed by atoms with E-state index < -0.39 is 0 Å². The van der Waals surface area contributed by atoms with Gasteiger partial charge >= 0.3 is 0 Å². The van der Waals surface area contributed by atoms with Crippen molar-refractivity contribution in [3.8, 4) is 0 Å². The molecule has 0 unspecified atom stereocenters. The molecule has 94 valence electrons. The van der Waals surface area contributed by atoms with Crippen LogP contribution in [-0.2, 0) is 20.0 Å². The van der Waals surface area contributed by atoms with Crippen molar-refractivity contribution < 1.29 is 0 Å². The number of aromatic nitrogens is 2. The second-order valence-corrected chi connectivity index (χ2v) is 4.94. The first-order valence-electron chi connectivity index (χ1n) is 6.33. The Balaban J connectivity index is 1.88. The number of nitrogens with zero attached hydrogens (tertiary/aromatic N) is 3. The van der Waals surface area contributed by atoms with E-state index in [0.29, 0.717) is 0 Å². The highest BCUT2D eigenvalue weighted by atomic mass is 15.2. The number of nitrogens with two attached hydrogens (primary N) is 1. The summed E-state index contributed by atoms with van der Waals surface area (Å²) in [5, 5.41) is 4.22. The Morgan fingerprint density at radius 1 is 1.39 bits per heavy atom. The minimum Gasteiger partial charge on any atom is -0.399 e. The maximum atomic E-state index is 5.90. The zero-order valence-electron chi connectivity index (χ0n) is 10.6. The van der Waals surface area contributed by atoms with E-state index in [9.17, 15) is 0 Å². The van der Waals surface area contributed by atoms with Crippen molar-refractivity contribution in [3.63, 3.8) is 0 Å². The quantitative estimate of drug-likeness (QED) is 0.819. The van der Waals surface area contributed by atoms with Crippen molar-refractivity contribution in [2.45, 2.75) is 19.4 Å². The summed E-state index contributed by atoms with van der Waals surface area (Å²) in [6, 6.07) is 6.23. The number of anilines is 2. The van der Waals surface area contributed by atoms with Crippen molar-refractivity contribution in [2.24, 2.45) is 7.05 Å². The van der Waals surface area contributed by atoms with Crippen LogP contribution in [0.3, 0.4) is 0 Å². The molecule has 1 aliphatic rings. The Morgan fingerprint density at radius 3 is 3.06 bits per heavy atom. The van der Waals surface area contributed by atoms with Gasteiger partial charge in [-0.3, -0.25) is 4.68 Å². The second-order valence-electron chi connectivity index (χ2n) is 4.94. The Bertz CT molecular complexity index is 559. The smallest absolute Gasteiger partial charge is 0.0539 e. The molecule has 18 heavy (non-hydrogen) atoms. The molecule has 0 bridgehead atoms. The van der Waals surface area contributed by atoms with Crippen LogP contribution in [0.2, 0.25) is 0 Å². The van der Waals surface area contributed by atoms with Gasteiger partial charge in [-0.2, -0.15) is 5.10 Å². The van der Waals surface area contributed by atoms with Crippen LogP contribution >= 0.6 is 0 Å². The van der Waals surface area contributed by atoms with Gasteiger partial charge in [0.05, 0.1) is 6.20 Å². The van der Waals surface area contributed by atoms with Crippen LogP contribution < -0.4 is 10.6 Å². The van der Waals surface area contributed by atoms with Gasteiger partial charge in [-0.1, -0.05) is 6.07 Å². The fraction of sp³-hybridized carbons (Fsp3) is 0.357. The van der Waals surface area contributed by atoms with E-state index in [1.807, 2.05) is 24.0 Å². The van der Waals surface area contributed by atoms with Gasteiger partial charge in [0.25, 0.3) is 0 Å². The number of hydrogen-bond donors (Lipinski definition) is 1. The maximum absolute atomic E-state index is 5.90. The third-order valence-corrected chi connectivity index (χ3v) is 3.46. The summed E-state index contributed by atoms with van der Waals surface area (Å²) < 4.78 is 1.85. The number of rotatable bonds is 2. The molecule has 2 aromatic rings. The van der Waals surface area contributed by atoms with Crippen LogP contribution in [0.5, 0.6) is 0 Å². The van der Waals surface area contributed by atoms with Crippen molar-refractivity contribution >= 4 is 11.4 Å². The summed E-state index contributed by atoms with van der Waals surface area (Å²) in [5.74, 6) is 0. The molecule has 0 saturated heterocycles. The fourth-order valence-corrected chi connectivity index (χ4v) is 2.61. The molecular weight excluding hydrogens is 224 g/mol. The molecule has 1 aromatic heterocycles. The van der Waals surface area contributed by atoms with Gasteiger partial charge in [-0.05, 0) is 30.5 Å². The van der Waals surface area contributed by atoms with Gasteiger partial charge < -0.3 is 10.6 Å². The molecule has 1 aliphatic heterocycles. The molecule has 1 aromatic carbocycles. The molecule has 2 N–H and O–H groups in total. The van der Waals surface area contributed by atoms with Crippen molar-refractivity contribution in [2.75, 3.05) is 17.2 Å². The Hall–Kier alpha value is -1.97. The molecule has 0 saturated carbocycles. The SMILES string of the molecule is Cn1cc(CN2CCCc3ccc(N)cc32)cn1. The predicted molar refractivity (Wildman–Crippen MR) is 73.4 cm³/mol. The van der Waals surface area contributed by atoms with Crippen LogP contribution in [0.15, 0.2) is 30.6 Å². The van der Waals surface area contributed by atoms with Crippen molar-refractivity contribution in [3.05, 3.63) is 41.7 Å². The Kier molecular flexibility index (Phi) is 2.70. The molecule has 0 radical (unpaired) electrons. The third-order valence-electron chi connectivity index (χ3n) is 3.46. The average molecular weight is 242 g/mol. The lowest BCUT2D eigenvalue weighted by molar-refractivity contribution is 0.690. The summed E-state index contributed by atoms with van der Waals surface area (Å²) >= 11 is 0. The molecule has 4 heteroatoms. The standard InChI is InChI=1S/C14H18N4/c1-17-9-11(8-16-17)10-18-6-2-3-12-4-5-13(15)7-14(12)18/h4-5,7-9H,2-3,6,10,15H2,1H3. The molecule has 0 fully saturated rings. The maximum Gasteiger partial charge on any atom is 0.0539 e. The lowest BCUT2D eigenvalue weighted by atomic mass is 10.0. The average Bonchev–Trinajstić information content (AvgIpc) is 2.76. The number of hydrogen-bond acceptors (Lipinski definition) is 3. The normalized spacial score (nSPS) is 14.6. The van der Waals surface area contributed by atoms with E-state index in [1.54, 1.807) is 0 Å². The Labute approximate surface area is 107 Å². The van der Waals surface area contributed by atoms with Crippen molar-refractivity contribution in [1.29, 1.82) is 0 Å². The third kappa shape index (κ3) is 2.06. The van der Waals surface area contributed by atoms with E-state index in [0.717, 1.165) is 25.2 Å². The molecule has 3 rings (SSSR count). The highest BCUT2D eigenvalue weighted by Crippen LogP contribution is 2.30. The highest BCUT2D eigenvalue weighted by Gasteiger charge is 2.17. The van der Waals surface area contributed by atoms with Gasteiger partial charge in [0, 0.05) is 43.3 Å². The molecule has 2 heterocycles. The fourth-order valence-electron chi connectivity index (χ4n) is 2.61. The molecule has 0 atom stereocenters. The van der Waals surface area contributed by atoms with Crippen LogP contribution in [-0.4, -0.2) is 16.3 Å². The van der Waals surface area contributed by atoms with Crippen LogP contribution in [0.25, 0.3) is 0 Å². The Morgan fingerprint density at radius 2 is 2.28 bits per heavy atom. The van der Waals surface area contributed by atoms with Crippen LogP contribution in [0.1, 0.15) is 17.5 Å². The van der Waals surface area contributed by atoms with Gasteiger partial charge in [-0.15, -0.1) is 0 Å². The minimum atomic E-state index is 0.840. The topological polar surface area (TPSA) is 47.1 Å². The lowest BCUT2D eigenvalue weighted by Crippen LogP contribution is -2.28. The van der Waals surface area contributed by atoms with Gasteiger partial charge in [0.15, 0.2) is 0 Å². The summed E-state index contributed by atoms with van der Waals surface area (Å²) in [6.07, 6.45) is 6.36.